The molecule has 0 fully saturated rings. The third-order valence-corrected chi connectivity index (χ3v) is 1.08. The summed E-state index contributed by atoms with van der Waals surface area (Å²) in [6, 6.07) is -0.532. The van der Waals surface area contributed by atoms with Crippen molar-refractivity contribution in [1.29, 1.82) is 0 Å². The van der Waals surface area contributed by atoms with E-state index < -0.39 is 6.03 Å². The van der Waals surface area contributed by atoms with Crippen LogP contribution in [0.3, 0.4) is 0 Å². The maximum atomic E-state index is 10.2. The average molecular weight is 167 g/mol. The Balaban J connectivity index is 3.50. The van der Waals surface area contributed by atoms with Gasteiger partial charge >= 0.3 is 6.03 Å². The second kappa shape index (κ2) is 6.15. The lowest BCUT2D eigenvalue weighted by atomic mass is 10.3. The number of amides is 2. The molecule has 66 valence electrons. The van der Waals surface area contributed by atoms with Crippen molar-refractivity contribution in [3.05, 3.63) is 24.9 Å². The maximum Gasteiger partial charge on any atom is 0.312 e. The standard InChI is InChI=1S/C8H13N3O/c1-3-5-10-7(2)4-6-11-8(9)12/h3,5H,1-2,4,6H2,(H3,9,11,12)/b10-5-. The molecule has 0 aromatic carbocycles. The van der Waals surface area contributed by atoms with Crippen molar-refractivity contribution in [3.63, 3.8) is 0 Å². The number of primary amides is 1. The molecule has 12 heavy (non-hydrogen) atoms. The van der Waals surface area contributed by atoms with Gasteiger partial charge in [-0.3, -0.25) is 4.99 Å². The molecular formula is C8H13N3O. The summed E-state index contributed by atoms with van der Waals surface area (Å²) in [6.45, 7) is 7.57. The number of urea groups is 1. The van der Waals surface area contributed by atoms with Crippen molar-refractivity contribution in [2.45, 2.75) is 6.42 Å². The zero-order valence-corrected chi connectivity index (χ0v) is 6.92. The first-order valence-corrected chi connectivity index (χ1v) is 3.53. The largest absolute Gasteiger partial charge is 0.352 e. The summed E-state index contributed by atoms with van der Waals surface area (Å²) in [5.41, 5.74) is 5.53. The van der Waals surface area contributed by atoms with Crippen LogP contribution in [0.1, 0.15) is 6.42 Å². The molecule has 0 bridgehead atoms. The number of hydrogen-bond acceptors (Lipinski definition) is 2. The summed E-state index contributed by atoms with van der Waals surface area (Å²) >= 11 is 0. The van der Waals surface area contributed by atoms with Gasteiger partial charge < -0.3 is 11.1 Å². The first-order valence-electron chi connectivity index (χ1n) is 3.53. The molecule has 0 unspecified atom stereocenters. The minimum Gasteiger partial charge on any atom is -0.352 e. The van der Waals surface area contributed by atoms with Crippen LogP contribution >= 0.6 is 0 Å². The molecule has 0 radical (unpaired) electrons. The molecule has 3 N–H and O–H groups in total. The average Bonchev–Trinajstić information content (AvgIpc) is 2.00. The van der Waals surface area contributed by atoms with Gasteiger partial charge in [0.1, 0.15) is 0 Å². The lowest BCUT2D eigenvalue weighted by Gasteiger charge is -1.99. The molecule has 0 aromatic heterocycles. The fourth-order valence-electron chi connectivity index (χ4n) is 0.553. The number of hydrogen-bond donors (Lipinski definition) is 2. The van der Waals surface area contributed by atoms with Crippen molar-refractivity contribution in [2.75, 3.05) is 6.54 Å². The number of allylic oxidation sites excluding steroid dienone is 1. The highest BCUT2D eigenvalue weighted by molar-refractivity contribution is 5.72. The SMILES string of the molecule is C=C/C=N\C(=C)CCNC(N)=O. The summed E-state index contributed by atoms with van der Waals surface area (Å²) in [6.07, 6.45) is 3.70. The molecule has 0 saturated carbocycles. The van der Waals surface area contributed by atoms with Crippen LogP contribution in [0.15, 0.2) is 29.9 Å². The Bertz CT molecular complexity index is 208. The Morgan fingerprint density at radius 1 is 1.67 bits per heavy atom. The lowest BCUT2D eigenvalue weighted by Crippen LogP contribution is -2.30. The van der Waals surface area contributed by atoms with Crippen LogP contribution in [0.4, 0.5) is 4.79 Å². The topological polar surface area (TPSA) is 67.5 Å². The van der Waals surface area contributed by atoms with Crippen molar-refractivity contribution < 1.29 is 4.79 Å². The molecule has 0 atom stereocenters. The molecule has 2 amide bonds. The molecule has 0 rings (SSSR count). The monoisotopic (exact) mass is 167 g/mol. The van der Waals surface area contributed by atoms with Crippen LogP contribution < -0.4 is 11.1 Å². The molecule has 0 aromatic rings. The molecule has 0 heterocycles. The van der Waals surface area contributed by atoms with Gasteiger partial charge in [0.25, 0.3) is 0 Å². The molecule has 4 heteroatoms. The Morgan fingerprint density at radius 3 is 2.83 bits per heavy atom. The van der Waals surface area contributed by atoms with E-state index in [1.165, 1.54) is 0 Å². The molecule has 0 aliphatic carbocycles. The Labute approximate surface area is 71.9 Å². The smallest absolute Gasteiger partial charge is 0.312 e. The van der Waals surface area contributed by atoms with Crippen LogP contribution in [0.25, 0.3) is 0 Å². The molecule has 0 aliphatic rings. The zero-order chi connectivity index (χ0) is 9.40. The summed E-state index contributed by atoms with van der Waals surface area (Å²) in [5.74, 6) is 0. The van der Waals surface area contributed by atoms with E-state index in [1.54, 1.807) is 12.3 Å². The van der Waals surface area contributed by atoms with Gasteiger partial charge in [0.05, 0.1) is 0 Å². The van der Waals surface area contributed by atoms with Gasteiger partial charge in [-0.05, 0) is 0 Å². The second-order valence-electron chi connectivity index (χ2n) is 2.12. The highest BCUT2D eigenvalue weighted by Crippen LogP contribution is 1.96. The summed E-state index contributed by atoms with van der Waals surface area (Å²) < 4.78 is 0. The van der Waals surface area contributed by atoms with E-state index in [1.807, 2.05) is 0 Å². The van der Waals surface area contributed by atoms with Crippen molar-refractivity contribution in [2.24, 2.45) is 10.7 Å². The summed E-state index contributed by atoms with van der Waals surface area (Å²) in [5, 5.41) is 2.43. The second-order valence-corrected chi connectivity index (χ2v) is 2.12. The molecule has 0 saturated heterocycles. The van der Waals surface area contributed by atoms with Crippen LogP contribution in [-0.4, -0.2) is 18.8 Å². The van der Waals surface area contributed by atoms with Crippen LogP contribution in [0, 0.1) is 0 Å². The third-order valence-electron chi connectivity index (χ3n) is 1.08. The third kappa shape index (κ3) is 6.54. The van der Waals surface area contributed by atoms with Gasteiger partial charge in [-0.25, -0.2) is 4.79 Å². The maximum absolute atomic E-state index is 10.2. The molecule has 4 nitrogen and oxygen atoms in total. The van der Waals surface area contributed by atoms with Gasteiger partial charge in [-0.15, -0.1) is 0 Å². The van der Waals surface area contributed by atoms with Gasteiger partial charge in [0, 0.05) is 24.9 Å². The van der Waals surface area contributed by atoms with E-state index >= 15 is 0 Å². The summed E-state index contributed by atoms with van der Waals surface area (Å²) in [7, 11) is 0. The van der Waals surface area contributed by atoms with Crippen LogP contribution in [-0.2, 0) is 0 Å². The summed E-state index contributed by atoms with van der Waals surface area (Å²) in [4.78, 5) is 14.1. The minimum absolute atomic E-state index is 0.461. The van der Waals surface area contributed by atoms with Crippen molar-refractivity contribution in [1.82, 2.24) is 5.32 Å². The zero-order valence-electron chi connectivity index (χ0n) is 6.92. The van der Waals surface area contributed by atoms with E-state index in [4.69, 9.17) is 5.73 Å². The van der Waals surface area contributed by atoms with Gasteiger partial charge in [-0.2, -0.15) is 0 Å². The predicted molar refractivity (Wildman–Crippen MR) is 50.0 cm³/mol. The minimum atomic E-state index is -0.532. The number of carbonyl (C=O) groups excluding carboxylic acids is 1. The number of carbonyl (C=O) groups is 1. The highest BCUT2D eigenvalue weighted by atomic mass is 16.2. The van der Waals surface area contributed by atoms with E-state index in [0.29, 0.717) is 18.7 Å². The number of nitrogens with one attached hydrogen (secondary N) is 1. The number of rotatable bonds is 5. The first-order chi connectivity index (χ1) is 5.66. The number of aliphatic imine (C=N–C) groups is 1. The fourth-order valence-corrected chi connectivity index (χ4v) is 0.553. The highest BCUT2D eigenvalue weighted by Gasteiger charge is 1.92. The van der Waals surface area contributed by atoms with E-state index in [2.05, 4.69) is 23.5 Å². The van der Waals surface area contributed by atoms with Gasteiger partial charge in [-0.1, -0.05) is 19.2 Å². The molecule has 0 aliphatic heterocycles. The fraction of sp³-hybridized carbons (Fsp3) is 0.250. The normalized spacial score (nSPS) is 9.67. The number of nitrogens with zero attached hydrogens (tertiary/aromatic N) is 1. The molecule has 0 spiro atoms. The Hall–Kier alpha value is -1.58. The van der Waals surface area contributed by atoms with Gasteiger partial charge in [0.2, 0.25) is 0 Å². The van der Waals surface area contributed by atoms with Crippen molar-refractivity contribution >= 4 is 12.2 Å². The number of nitrogens with two attached hydrogens (primary N) is 1. The first kappa shape index (κ1) is 10.4. The predicted octanol–water partition coefficient (Wildman–Crippen LogP) is 0.815. The van der Waals surface area contributed by atoms with Crippen LogP contribution in [0.5, 0.6) is 0 Å². The van der Waals surface area contributed by atoms with E-state index in [9.17, 15) is 4.79 Å². The van der Waals surface area contributed by atoms with Crippen molar-refractivity contribution in [3.8, 4) is 0 Å². The lowest BCUT2D eigenvalue weighted by molar-refractivity contribution is 0.249. The van der Waals surface area contributed by atoms with E-state index in [-0.39, 0.29) is 0 Å². The van der Waals surface area contributed by atoms with Crippen LogP contribution in [0.2, 0.25) is 0 Å². The quantitative estimate of drug-likeness (QED) is 0.585. The Morgan fingerprint density at radius 2 is 2.33 bits per heavy atom. The Kier molecular flexibility index (Phi) is 5.34. The molecular weight excluding hydrogens is 154 g/mol. The van der Waals surface area contributed by atoms with Gasteiger partial charge in [0.15, 0.2) is 0 Å². The van der Waals surface area contributed by atoms with E-state index in [0.717, 1.165) is 0 Å².